The number of sulfonamides is 1. The van der Waals surface area contributed by atoms with Crippen LogP contribution >= 0.6 is 11.8 Å². The highest BCUT2D eigenvalue weighted by Gasteiger charge is 2.56. The molecule has 13 unspecified atom stereocenters. The van der Waals surface area contributed by atoms with E-state index in [9.17, 15) is 46.8 Å². The Morgan fingerprint density at radius 3 is 2.15 bits per heavy atom. The Morgan fingerprint density at radius 1 is 0.800 bits per heavy atom. The number of imide groups is 2. The lowest BCUT2D eigenvalue weighted by atomic mass is 9.70. The molecule has 2 saturated carbocycles. The third-order valence-corrected chi connectivity index (χ3v) is 21.6. The molecule has 418 valence electrons. The van der Waals surface area contributed by atoms with Crippen LogP contribution in [-0.4, -0.2) is 193 Å². The Balaban J connectivity index is 0.651. The van der Waals surface area contributed by atoms with Crippen LogP contribution in [0.2, 0.25) is 0 Å². The maximum atomic E-state index is 13.7. The fourth-order valence-corrected chi connectivity index (χ4v) is 17.0. The number of carbonyl (C=O) groups is 8. The standard InChI is InChI=1S/C52H82N10O11S2/c1-30-31(2)61(75(4,71)72)26-38(30)48(67)54-25-44(64)57-52-55-39(29-74-52)36-8-5-7-34(23-36)35-13-18-53-42(24-35)58(3)27-45(65)59-19-14-32(15-20-59)33-16-21-60(22-17-33)46(66)28-73-41-10-6-9-37-47(41)51(70)62(50(37)69)40-11-12-43(63)56-49(40)68/h30-42,47,52-53,55H,5-29H2,1-4H3,(H,54,67)(H,57,64)(H,56,63,68). The van der Waals surface area contributed by atoms with Gasteiger partial charge in [0.1, 0.15) is 18.1 Å². The highest BCUT2D eigenvalue weighted by atomic mass is 32.2. The molecule has 0 bridgehead atoms. The smallest absolute Gasteiger partial charge is 0.249 e. The summed E-state index contributed by atoms with van der Waals surface area (Å²) in [6, 6.07) is -0.997. The second kappa shape index (κ2) is 24.1. The summed E-state index contributed by atoms with van der Waals surface area (Å²) < 4.78 is 31.9. The molecule has 9 aliphatic rings. The van der Waals surface area contributed by atoms with Crippen LogP contribution in [0.25, 0.3) is 0 Å². The largest absolute Gasteiger partial charge is 0.368 e. The Morgan fingerprint density at radius 2 is 1.47 bits per heavy atom. The number of likely N-dealkylation sites (N-methyl/N-ethyl adjacent to an activating group) is 1. The minimum absolute atomic E-state index is 0.0670. The maximum absolute atomic E-state index is 13.7. The molecule has 7 heterocycles. The van der Waals surface area contributed by atoms with Crippen LogP contribution in [0.4, 0.5) is 0 Å². The number of ether oxygens (including phenoxy) is 1. The van der Waals surface area contributed by atoms with E-state index in [4.69, 9.17) is 4.74 Å². The Hall–Kier alpha value is -3.74. The first-order valence-corrected chi connectivity index (χ1v) is 31.0. The van der Waals surface area contributed by atoms with Gasteiger partial charge in [-0.25, -0.2) is 8.42 Å². The van der Waals surface area contributed by atoms with Crippen LogP contribution in [0.15, 0.2) is 0 Å². The molecule has 5 N–H and O–H groups in total. The molecule has 0 spiro atoms. The Bertz CT molecular complexity index is 2280. The summed E-state index contributed by atoms with van der Waals surface area (Å²) in [4.78, 5) is 111. The van der Waals surface area contributed by atoms with Crippen molar-refractivity contribution in [1.82, 2.24) is 50.5 Å². The lowest BCUT2D eigenvalue weighted by molar-refractivity contribution is -0.153. The van der Waals surface area contributed by atoms with Gasteiger partial charge in [-0.05, 0) is 127 Å². The van der Waals surface area contributed by atoms with Gasteiger partial charge in [0.05, 0.1) is 49.4 Å². The fraction of sp³-hybridized carbons (Fsp3) is 0.846. The van der Waals surface area contributed by atoms with Crippen molar-refractivity contribution in [2.75, 3.05) is 78.0 Å². The van der Waals surface area contributed by atoms with E-state index in [0.717, 1.165) is 87.9 Å². The molecule has 21 nitrogen and oxygen atoms in total. The zero-order valence-electron chi connectivity index (χ0n) is 44.4. The minimum Gasteiger partial charge on any atom is -0.368 e. The number of hydrogen-bond acceptors (Lipinski definition) is 15. The minimum atomic E-state index is -3.43. The van der Waals surface area contributed by atoms with E-state index in [2.05, 4.69) is 38.5 Å². The average molecular weight is 1090 g/mol. The van der Waals surface area contributed by atoms with Gasteiger partial charge in [0, 0.05) is 57.0 Å². The van der Waals surface area contributed by atoms with E-state index >= 15 is 0 Å². The number of thioether (sulfide) groups is 1. The van der Waals surface area contributed by atoms with Gasteiger partial charge >= 0.3 is 0 Å². The van der Waals surface area contributed by atoms with Crippen LogP contribution < -0.4 is 26.6 Å². The third-order valence-electron chi connectivity index (χ3n) is 19.2. The summed E-state index contributed by atoms with van der Waals surface area (Å²) in [7, 11) is -1.37. The molecule has 0 radical (unpaired) electrons. The van der Waals surface area contributed by atoms with Crippen molar-refractivity contribution < 1.29 is 51.5 Å². The summed E-state index contributed by atoms with van der Waals surface area (Å²) in [5.41, 5.74) is -0.237. The van der Waals surface area contributed by atoms with Gasteiger partial charge < -0.3 is 30.5 Å². The van der Waals surface area contributed by atoms with Crippen molar-refractivity contribution in [3.63, 3.8) is 0 Å². The van der Waals surface area contributed by atoms with E-state index in [1.54, 1.807) is 11.8 Å². The first-order chi connectivity index (χ1) is 35.8. The number of carbonyl (C=O) groups excluding carboxylic acids is 8. The van der Waals surface area contributed by atoms with E-state index < -0.39 is 57.6 Å². The molecule has 2 aliphatic carbocycles. The number of nitrogens with zero attached hydrogens (tertiary/aromatic N) is 5. The van der Waals surface area contributed by atoms with Crippen molar-refractivity contribution in [2.24, 2.45) is 53.3 Å². The van der Waals surface area contributed by atoms with Gasteiger partial charge in [-0.1, -0.05) is 26.2 Å². The number of rotatable bonds is 15. The number of likely N-dealkylation sites (tertiary alicyclic amines) is 3. The van der Waals surface area contributed by atoms with Crippen LogP contribution in [-0.2, 0) is 53.1 Å². The summed E-state index contributed by atoms with van der Waals surface area (Å²) in [6.45, 7) is 7.50. The molecule has 0 aromatic rings. The van der Waals surface area contributed by atoms with Gasteiger partial charge in [0.2, 0.25) is 57.3 Å². The quantitative estimate of drug-likeness (QED) is 0.141. The molecular formula is C52H82N10O11S2. The van der Waals surface area contributed by atoms with E-state index in [0.29, 0.717) is 68.5 Å². The topological polar surface area (TPSA) is 256 Å². The number of hydrogen-bond donors (Lipinski definition) is 5. The second-order valence-electron chi connectivity index (χ2n) is 23.5. The van der Waals surface area contributed by atoms with Crippen LogP contribution in [0, 0.1) is 53.3 Å². The number of amides is 8. The van der Waals surface area contributed by atoms with Gasteiger partial charge in [-0.2, -0.15) is 4.31 Å². The zero-order valence-corrected chi connectivity index (χ0v) is 46.0. The molecule has 0 aromatic carbocycles. The van der Waals surface area contributed by atoms with Gasteiger partial charge in [0.15, 0.2) is 0 Å². The zero-order chi connectivity index (χ0) is 53.3. The summed E-state index contributed by atoms with van der Waals surface area (Å²) in [5.74, 6) is -0.846. The number of piperidine rings is 4. The van der Waals surface area contributed by atoms with Crippen molar-refractivity contribution >= 4 is 69.0 Å². The first kappa shape index (κ1) is 56.0. The highest BCUT2D eigenvalue weighted by Crippen LogP contribution is 2.43. The Labute approximate surface area is 446 Å². The predicted octanol–water partition coefficient (Wildman–Crippen LogP) is 0.640. The SMILES string of the molecule is CC1C(C(=O)NCC(=O)NC2NC(C3CCCC(C4CCNC(N(C)CC(=O)N5CCC(C6CCN(C(=O)COC7CCCC8C(=O)N(C9CCC(=O)NC9=O)C(=O)C78)CC6)CC5)C4)C3)CS2)CN(S(C)(=O)=O)C1C. The van der Waals surface area contributed by atoms with E-state index in [-0.39, 0.29) is 91.7 Å². The van der Waals surface area contributed by atoms with Crippen molar-refractivity contribution in [3.05, 3.63) is 0 Å². The normalized spacial score (nSPS) is 35.7. The summed E-state index contributed by atoms with van der Waals surface area (Å²) in [6.07, 6.45) is 13.1. The molecule has 13 atom stereocenters. The predicted molar refractivity (Wildman–Crippen MR) is 278 cm³/mol. The Kier molecular flexibility index (Phi) is 18.0. The van der Waals surface area contributed by atoms with Gasteiger partial charge in [0.25, 0.3) is 0 Å². The molecule has 0 aromatic heterocycles. The van der Waals surface area contributed by atoms with Crippen molar-refractivity contribution in [1.29, 1.82) is 0 Å². The van der Waals surface area contributed by atoms with Gasteiger partial charge in [-0.15, -0.1) is 11.8 Å². The summed E-state index contributed by atoms with van der Waals surface area (Å²) in [5, 5.41) is 15.4. The fourth-order valence-electron chi connectivity index (χ4n) is 14.5. The van der Waals surface area contributed by atoms with Crippen LogP contribution in [0.1, 0.15) is 110 Å². The molecule has 23 heteroatoms. The number of fused-ring (bicyclic) bond motifs is 1. The van der Waals surface area contributed by atoms with Gasteiger partial charge in [-0.3, -0.25) is 58.8 Å². The molecule has 7 aliphatic heterocycles. The molecule has 9 rings (SSSR count). The second-order valence-corrected chi connectivity index (χ2v) is 26.6. The number of nitrogens with one attached hydrogen (secondary N) is 5. The monoisotopic (exact) mass is 1090 g/mol. The van der Waals surface area contributed by atoms with Crippen molar-refractivity contribution in [2.45, 2.75) is 146 Å². The molecule has 9 fully saturated rings. The maximum Gasteiger partial charge on any atom is 0.249 e. The molecule has 75 heavy (non-hydrogen) atoms. The van der Waals surface area contributed by atoms with Crippen molar-refractivity contribution in [3.8, 4) is 0 Å². The molecule has 7 saturated heterocycles. The molecule has 8 amide bonds. The van der Waals surface area contributed by atoms with Crippen LogP contribution in [0.5, 0.6) is 0 Å². The lowest BCUT2D eigenvalue weighted by Gasteiger charge is -2.43. The third kappa shape index (κ3) is 12.7. The van der Waals surface area contributed by atoms with Crippen LogP contribution in [0.3, 0.4) is 0 Å². The lowest BCUT2D eigenvalue weighted by Crippen LogP contribution is -2.54. The summed E-state index contributed by atoms with van der Waals surface area (Å²) >= 11 is 1.69. The average Bonchev–Trinajstić information content (AvgIpc) is 4.08. The van der Waals surface area contributed by atoms with E-state index in [1.807, 2.05) is 23.6 Å². The molecular weight excluding hydrogens is 1000 g/mol. The van der Waals surface area contributed by atoms with E-state index in [1.165, 1.54) is 17.1 Å². The first-order valence-electron chi connectivity index (χ1n) is 28.1. The highest BCUT2D eigenvalue weighted by molar-refractivity contribution is 8.00.